The number of hydrogen-bond donors (Lipinski definition) is 2. The number of alkyl halides is 2. The minimum atomic E-state index is -0.782. The number of nitro groups is 2. The number of carbonyl (C=O) groups excluding carboxylic acids is 2. The summed E-state index contributed by atoms with van der Waals surface area (Å²) in [5.41, 5.74) is 11.9. The first-order valence-corrected chi connectivity index (χ1v) is 20.8. The molecular weight excluding hydrogens is 1090 g/mol. The van der Waals surface area contributed by atoms with E-state index >= 15 is 0 Å². The first kappa shape index (κ1) is 58.4. The smallest absolute Gasteiger partial charge is 0.414 e. The molecule has 20 nitrogen and oxygen atoms in total. The van der Waals surface area contributed by atoms with Gasteiger partial charge in [0.25, 0.3) is 0 Å². The molecule has 0 spiro atoms. The Labute approximate surface area is 413 Å². The average molecular weight is 1140 g/mol. The summed E-state index contributed by atoms with van der Waals surface area (Å²) in [5.74, 6) is 0.565. The second-order valence-electron chi connectivity index (χ2n) is 12.9. The average Bonchev–Trinajstić information content (AvgIpc) is 3.26. The molecule has 2 aromatic heterocycles. The zero-order valence-electron chi connectivity index (χ0n) is 36.2. The SMILES string of the molecule is C.C=CCCOc1cc(N(Cc2cccc(OCC=C)c2)C(=O)OCC)c([N+](=O)[O-])c(N)n1.CCOC(=O)N1Cc2cccc(c2)OC/C=C/CCOc2cc1c([N+](=O)[O-])c(N)n2.ClCCl.[W]. The van der Waals surface area contributed by atoms with Gasteiger partial charge < -0.3 is 39.9 Å². The van der Waals surface area contributed by atoms with E-state index in [-0.39, 0.29) is 108 Å². The molecule has 0 saturated carbocycles. The minimum Gasteiger partial charge on any atom is -0.490 e. The molecule has 4 N–H and O–H groups in total. The van der Waals surface area contributed by atoms with Crippen molar-refractivity contribution in [2.75, 3.05) is 66.2 Å². The normalized spacial score (nSPS) is 11.9. The van der Waals surface area contributed by atoms with Gasteiger partial charge in [0.15, 0.2) is 0 Å². The maximum atomic E-state index is 12.8. The van der Waals surface area contributed by atoms with Crippen molar-refractivity contribution in [3.05, 3.63) is 129 Å². The summed E-state index contributed by atoms with van der Waals surface area (Å²) in [6.45, 7) is 11.8. The fourth-order valence-electron chi connectivity index (χ4n) is 5.67. The molecule has 3 heterocycles. The number of fused-ring (bicyclic) bond motifs is 4. The van der Waals surface area contributed by atoms with E-state index in [9.17, 15) is 29.8 Å². The van der Waals surface area contributed by atoms with Crippen molar-refractivity contribution in [2.45, 2.75) is 47.2 Å². The third-order valence-corrected chi connectivity index (χ3v) is 8.34. The molecule has 23 heteroatoms. The zero-order chi connectivity index (χ0) is 47.7. The van der Waals surface area contributed by atoms with Gasteiger partial charge in [0.2, 0.25) is 23.4 Å². The first-order chi connectivity index (χ1) is 31.3. The summed E-state index contributed by atoms with van der Waals surface area (Å²) in [6.07, 6.45) is 6.58. The molecule has 67 heavy (non-hydrogen) atoms. The maximum Gasteiger partial charge on any atom is 0.414 e. The van der Waals surface area contributed by atoms with Crippen LogP contribution < -0.4 is 40.2 Å². The van der Waals surface area contributed by atoms with Gasteiger partial charge in [-0.2, -0.15) is 9.97 Å². The second-order valence-corrected chi connectivity index (χ2v) is 13.7. The van der Waals surface area contributed by atoms with Gasteiger partial charge in [-0.05, 0) is 62.1 Å². The van der Waals surface area contributed by atoms with Crippen LogP contribution in [0.25, 0.3) is 0 Å². The molecule has 2 aromatic carbocycles. The third-order valence-electron chi connectivity index (χ3n) is 8.34. The van der Waals surface area contributed by atoms with Crippen LogP contribution in [-0.2, 0) is 43.6 Å². The zero-order valence-corrected chi connectivity index (χ0v) is 40.6. The van der Waals surface area contributed by atoms with Crippen molar-refractivity contribution in [1.29, 1.82) is 0 Å². The number of anilines is 4. The molecule has 0 saturated heterocycles. The number of halogens is 2. The van der Waals surface area contributed by atoms with E-state index in [2.05, 4.69) is 23.1 Å². The molecule has 5 rings (SSSR count). The third kappa shape index (κ3) is 18.6. The van der Waals surface area contributed by atoms with Crippen LogP contribution in [0.15, 0.2) is 98.1 Å². The van der Waals surface area contributed by atoms with Gasteiger partial charge >= 0.3 is 23.6 Å². The van der Waals surface area contributed by atoms with Crippen LogP contribution in [0.5, 0.6) is 23.3 Å². The largest absolute Gasteiger partial charge is 0.490 e. The number of ether oxygens (including phenoxy) is 6. The van der Waals surface area contributed by atoms with Crippen LogP contribution in [0.1, 0.15) is 45.2 Å². The van der Waals surface area contributed by atoms with Gasteiger partial charge in [0.1, 0.15) is 36.1 Å². The number of amides is 2. The van der Waals surface area contributed by atoms with Crippen LogP contribution in [-0.4, -0.2) is 77.0 Å². The van der Waals surface area contributed by atoms with Crippen molar-refractivity contribution in [2.24, 2.45) is 0 Å². The number of rotatable bonds is 14. The van der Waals surface area contributed by atoms with E-state index < -0.39 is 33.4 Å². The number of nitrogens with zero attached hydrogens (tertiary/aromatic N) is 6. The Morgan fingerprint density at radius 2 is 1.60 bits per heavy atom. The summed E-state index contributed by atoms with van der Waals surface area (Å²) in [4.78, 5) is 57.7. The van der Waals surface area contributed by atoms with Crippen LogP contribution >= 0.6 is 23.2 Å². The van der Waals surface area contributed by atoms with Crippen molar-refractivity contribution in [3.8, 4) is 23.3 Å². The van der Waals surface area contributed by atoms with E-state index in [0.29, 0.717) is 48.7 Å². The van der Waals surface area contributed by atoms with Gasteiger partial charge in [0, 0.05) is 33.2 Å². The topological polar surface area (TPSA) is 260 Å². The summed E-state index contributed by atoms with van der Waals surface area (Å²) in [7, 11) is 0. The van der Waals surface area contributed by atoms with Crippen LogP contribution in [0.2, 0.25) is 0 Å². The van der Waals surface area contributed by atoms with Crippen molar-refractivity contribution in [3.63, 3.8) is 0 Å². The molecule has 4 bridgehead atoms. The van der Waals surface area contributed by atoms with Crippen LogP contribution in [0, 0.1) is 20.2 Å². The minimum absolute atomic E-state index is 0. The van der Waals surface area contributed by atoms with Crippen molar-refractivity contribution >= 4 is 69.8 Å². The number of pyridine rings is 2. The Hall–Kier alpha value is -6.63. The molecule has 0 unspecified atom stereocenters. The molecule has 0 fully saturated rings. The number of hydrogen-bond acceptors (Lipinski definition) is 16. The second kappa shape index (κ2) is 31.3. The molecule has 1 aliphatic heterocycles. The maximum absolute atomic E-state index is 12.8. The number of carbonyl (C=O) groups is 2. The first-order valence-electron chi connectivity index (χ1n) is 19.8. The van der Waals surface area contributed by atoms with E-state index in [1.54, 1.807) is 74.5 Å². The summed E-state index contributed by atoms with van der Waals surface area (Å²) < 4.78 is 32.6. The number of nitrogen functional groups attached to an aromatic ring is 2. The van der Waals surface area contributed by atoms with Crippen molar-refractivity contribution < 1.29 is 68.9 Å². The Balaban J connectivity index is 0.000000616. The Morgan fingerprint density at radius 3 is 2.25 bits per heavy atom. The summed E-state index contributed by atoms with van der Waals surface area (Å²) in [5, 5.41) is 23.6. The number of nitrogens with two attached hydrogens (primary N) is 2. The fraction of sp³-hybridized carbons (Fsp3) is 0.318. The van der Waals surface area contributed by atoms with Gasteiger partial charge in [-0.1, -0.05) is 62.6 Å². The molecule has 2 amide bonds. The Bertz CT molecular complexity index is 2290. The molecule has 0 atom stereocenters. The van der Waals surface area contributed by atoms with Gasteiger partial charge in [-0.3, -0.25) is 30.0 Å². The van der Waals surface area contributed by atoms with Gasteiger partial charge in [0.05, 0.1) is 54.7 Å². The monoisotopic (exact) mass is 1140 g/mol. The molecule has 0 radical (unpaired) electrons. The van der Waals surface area contributed by atoms with Gasteiger partial charge in [-0.15, -0.1) is 29.8 Å². The Morgan fingerprint density at radius 1 is 0.910 bits per heavy atom. The Kier molecular flexibility index (Phi) is 27.3. The number of benzene rings is 2. The summed E-state index contributed by atoms with van der Waals surface area (Å²) >= 11 is 9.53. The van der Waals surface area contributed by atoms with Crippen LogP contribution in [0.4, 0.5) is 44.0 Å². The van der Waals surface area contributed by atoms with E-state index in [1.807, 2.05) is 12.2 Å². The predicted molar refractivity (Wildman–Crippen MR) is 254 cm³/mol. The van der Waals surface area contributed by atoms with E-state index in [4.69, 9.17) is 63.1 Å². The fourth-order valence-corrected chi connectivity index (χ4v) is 5.67. The molecule has 4 aromatic rings. The van der Waals surface area contributed by atoms with Crippen molar-refractivity contribution in [1.82, 2.24) is 9.97 Å². The standard InChI is InChI=1S/C22H26N4O6.C20H22N4O6.CH2Cl2.CH4.W/c1-4-7-12-32-19-14-18(20(26(28)29)21(23)24-19)25(22(27)30-6-3)15-16-9-8-10-17(13-16)31-11-5-2;1-2-28-20(25)23-13-14-7-6-8-15(11-14)29-9-4-3-5-10-30-17-12-16(23)18(24(26)27)19(21)22-17;2-1-3;;/h4-5,8-10,13-14H,1-2,6-7,11-12,15H2,3H3,(H2,23,24);3-4,6-8,11-12H,2,5,9-10,13H2,1H3,(H2,21,22);1H2;1H4;/b;4-3+;;;. The molecule has 0 aliphatic carbocycles. The molecule has 362 valence electrons. The van der Waals surface area contributed by atoms with Crippen LogP contribution in [0.3, 0.4) is 0 Å². The van der Waals surface area contributed by atoms with Gasteiger partial charge in [-0.25, -0.2) is 9.59 Å². The predicted octanol–water partition coefficient (Wildman–Crippen LogP) is 9.76. The number of aromatic nitrogens is 2. The quantitative estimate of drug-likeness (QED) is 0.0391. The summed E-state index contributed by atoms with van der Waals surface area (Å²) in [6, 6.07) is 16.7. The van der Waals surface area contributed by atoms with E-state index in [0.717, 1.165) is 9.80 Å². The van der Waals surface area contributed by atoms with E-state index in [1.165, 1.54) is 12.1 Å². The molecule has 1 aliphatic rings. The molecular formula is C44H54Cl2N8O12W.